The largest absolute Gasteiger partial charge is 0.506 e. The van der Waals surface area contributed by atoms with Gasteiger partial charge >= 0.3 is 0 Å². The van der Waals surface area contributed by atoms with E-state index in [0.29, 0.717) is 32.5 Å². The zero-order valence-electron chi connectivity index (χ0n) is 15.0. The van der Waals surface area contributed by atoms with E-state index in [1.54, 1.807) is 24.3 Å². The highest BCUT2D eigenvalue weighted by Gasteiger charge is 2.07. The minimum atomic E-state index is -0.0854. The number of hydrogen-bond donors (Lipinski definition) is 2. The van der Waals surface area contributed by atoms with Gasteiger partial charge in [0, 0.05) is 33.6 Å². The number of aryl methyl sites for hydroxylation is 1. The molecule has 29 heavy (non-hydrogen) atoms. The summed E-state index contributed by atoms with van der Waals surface area (Å²) in [6.07, 6.45) is 2.97. The van der Waals surface area contributed by atoms with E-state index in [-0.39, 0.29) is 21.5 Å². The molecule has 0 unspecified atom stereocenters. The molecule has 0 aliphatic carbocycles. The van der Waals surface area contributed by atoms with Gasteiger partial charge in [-0.3, -0.25) is 9.98 Å². The van der Waals surface area contributed by atoms with Gasteiger partial charge in [-0.15, -0.1) is 0 Å². The van der Waals surface area contributed by atoms with Crippen molar-refractivity contribution in [3.63, 3.8) is 0 Å². The number of rotatable bonds is 4. The molecule has 3 aromatic rings. The molecule has 0 bridgehead atoms. The van der Waals surface area contributed by atoms with Crippen LogP contribution in [0.1, 0.15) is 16.7 Å². The highest BCUT2D eigenvalue weighted by Crippen LogP contribution is 2.32. The van der Waals surface area contributed by atoms with Gasteiger partial charge in [-0.25, -0.2) is 0 Å². The van der Waals surface area contributed by atoms with Gasteiger partial charge in [0.05, 0.1) is 21.4 Å². The molecule has 0 aromatic heterocycles. The summed E-state index contributed by atoms with van der Waals surface area (Å²) in [6.45, 7) is 1.88. The Morgan fingerprint density at radius 3 is 1.76 bits per heavy atom. The Morgan fingerprint density at radius 2 is 1.24 bits per heavy atom. The molecule has 0 atom stereocenters. The molecule has 0 aliphatic rings. The Kier molecular flexibility index (Phi) is 6.70. The number of phenols is 2. The van der Waals surface area contributed by atoms with Crippen LogP contribution in [0.4, 0.5) is 11.4 Å². The number of hydrogen-bond acceptors (Lipinski definition) is 4. The van der Waals surface area contributed by atoms with Crippen molar-refractivity contribution in [3.8, 4) is 11.5 Å². The highest BCUT2D eigenvalue weighted by molar-refractivity contribution is 6.36. The summed E-state index contributed by atoms with van der Waals surface area (Å²) >= 11 is 23.8. The molecular formula is C21H14Cl4N2O2. The van der Waals surface area contributed by atoms with Crippen LogP contribution in [0.3, 0.4) is 0 Å². The third-order valence-electron chi connectivity index (χ3n) is 3.99. The van der Waals surface area contributed by atoms with Gasteiger partial charge < -0.3 is 10.2 Å². The van der Waals surface area contributed by atoms with Gasteiger partial charge in [0.1, 0.15) is 11.5 Å². The topological polar surface area (TPSA) is 65.2 Å². The normalized spacial score (nSPS) is 11.6. The molecule has 0 heterocycles. The van der Waals surface area contributed by atoms with Crippen LogP contribution in [-0.4, -0.2) is 22.6 Å². The zero-order valence-corrected chi connectivity index (χ0v) is 18.0. The smallest absolute Gasteiger partial charge is 0.143 e. The molecule has 3 aromatic carbocycles. The van der Waals surface area contributed by atoms with E-state index >= 15 is 0 Å². The van der Waals surface area contributed by atoms with E-state index in [1.807, 2.05) is 13.0 Å². The molecule has 0 saturated heterocycles. The SMILES string of the molecule is Cc1cc(N=Cc2cc(Cl)cc(Cl)c2O)ccc1N=Cc1cc(Cl)cc(Cl)c1O. The summed E-state index contributed by atoms with van der Waals surface area (Å²) in [7, 11) is 0. The maximum absolute atomic E-state index is 10.0. The van der Waals surface area contributed by atoms with Gasteiger partial charge in [-0.05, 0) is 55.0 Å². The monoisotopic (exact) mass is 466 g/mol. The van der Waals surface area contributed by atoms with E-state index in [2.05, 4.69) is 9.98 Å². The van der Waals surface area contributed by atoms with Crippen molar-refractivity contribution < 1.29 is 10.2 Å². The molecular weight excluding hydrogens is 454 g/mol. The van der Waals surface area contributed by atoms with E-state index in [9.17, 15) is 10.2 Å². The first-order chi connectivity index (χ1) is 13.7. The van der Waals surface area contributed by atoms with Gasteiger partial charge in [-0.2, -0.15) is 0 Å². The number of phenolic OH excluding ortho intramolecular Hbond substituents is 2. The Labute approximate surface area is 187 Å². The second-order valence-electron chi connectivity index (χ2n) is 6.14. The van der Waals surface area contributed by atoms with Crippen LogP contribution in [0.15, 0.2) is 52.4 Å². The first-order valence-electron chi connectivity index (χ1n) is 8.29. The number of aliphatic imine (C=N–C) groups is 2. The average molecular weight is 468 g/mol. The predicted molar refractivity (Wildman–Crippen MR) is 122 cm³/mol. The summed E-state index contributed by atoms with van der Waals surface area (Å²) in [6, 6.07) is 11.4. The van der Waals surface area contributed by atoms with Crippen LogP contribution >= 0.6 is 46.4 Å². The molecule has 0 aliphatic heterocycles. The first kappa shape index (κ1) is 21.5. The maximum atomic E-state index is 10.0. The second kappa shape index (κ2) is 9.06. The Hall–Kier alpha value is -2.24. The lowest BCUT2D eigenvalue weighted by atomic mass is 10.1. The maximum Gasteiger partial charge on any atom is 0.143 e. The molecule has 4 nitrogen and oxygen atoms in total. The minimum Gasteiger partial charge on any atom is -0.506 e. The summed E-state index contributed by atoms with van der Waals surface area (Å²) in [5.41, 5.74) is 3.03. The molecule has 3 rings (SSSR count). The van der Waals surface area contributed by atoms with Crippen molar-refractivity contribution in [1.82, 2.24) is 0 Å². The quantitative estimate of drug-likeness (QED) is 0.389. The third kappa shape index (κ3) is 5.22. The lowest BCUT2D eigenvalue weighted by Gasteiger charge is -2.05. The number of benzene rings is 3. The number of halogens is 4. The summed E-state index contributed by atoms with van der Waals surface area (Å²) < 4.78 is 0. The third-order valence-corrected chi connectivity index (χ3v) is 5.00. The van der Waals surface area contributed by atoms with Gasteiger partial charge in [-0.1, -0.05) is 46.4 Å². The predicted octanol–water partition coefficient (Wildman–Crippen LogP) is 7.52. The molecule has 2 N–H and O–H groups in total. The Bertz CT molecular complexity index is 1140. The van der Waals surface area contributed by atoms with Crippen molar-refractivity contribution >= 4 is 70.2 Å². The fraction of sp³-hybridized carbons (Fsp3) is 0.0476. The molecule has 0 spiro atoms. The molecule has 0 amide bonds. The standard InChI is InChI=1S/C21H14Cl4N2O2/c1-11-4-16(26-9-12-5-14(22)7-17(24)20(12)28)2-3-19(11)27-10-13-6-15(23)8-18(25)21(13)29/h2-10,28-29H,1H3. The van der Waals surface area contributed by atoms with Crippen molar-refractivity contribution in [3.05, 3.63) is 79.2 Å². The summed E-state index contributed by atoms with van der Waals surface area (Å²) in [4.78, 5) is 8.73. The Balaban J connectivity index is 1.84. The first-order valence-corrected chi connectivity index (χ1v) is 9.80. The molecule has 148 valence electrons. The van der Waals surface area contributed by atoms with Gasteiger partial charge in [0.15, 0.2) is 0 Å². The fourth-order valence-corrected chi connectivity index (χ4v) is 3.53. The van der Waals surface area contributed by atoms with E-state index in [0.717, 1.165) is 5.56 Å². The van der Waals surface area contributed by atoms with Crippen LogP contribution in [0.5, 0.6) is 11.5 Å². The Morgan fingerprint density at radius 1 is 0.724 bits per heavy atom. The zero-order chi connectivity index (χ0) is 21.1. The van der Waals surface area contributed by atoms with Crippen LogP contribution in [0.25, 0.3) is 0 Å². The van der Waals surface area contributed by atoms with Crippen molar-refractivity contribution in [2.75, 3.05) is 0 Å². The van der Waals surface area contributed by atoms with Gasteiger partial charge in [0.25, 0.3) is 0 Å². The number of nitrogens with zero attached hydrogens (tertiary/aromatic N) is 2. The van der Waals surface area contributed by atoms with E-state index in [4.69, 9.17) is 46.4 Å². The molecule has 0 saturated carbocycles. The van der Waals surface area contributed by atoms with Crippen LogP contribution in [0, 0.1) is 6.92 Å². The lowest BCUT2D eigenvalue weighted by molar-refractivity contribution is 0.474. The van der Waals surface area contributed by atoms with Gasteiger partial charge in [0.2, 0.25) is 0 Å². The van der Waals surface area contributed by atoms with E-state index in [1.165, 1.54) is 24.6 Å². The minimum absolute atomic E-state index is 0.0846. The molecule has 0 fully saturated rings. The molecule has 8 heteroatoms. The van der Waals surface area contributed by atoms with Crippen molar-refractivity contribution in [2.24, 2.45) is 9.98 Å². The molecule has 0 radical (unpaired) electrons. The lowest BCUT2D eigenvalue weighted by Crippen LogP contribution is -1.85. The van der Waals surface area contributed by atoms with E-state index < -0.39 is 0 Å². The summed E-state index contributed by atoms with van der Waals surface area (Å²) in [5, 5.41) is 21.1. The van der Waals surface area contributed by atoms with Crippen molar-refractivity contribution in [1.29, 1.82) is 0 Å². The summed E-state index contributed by atoms with van der Waals surface area (Å²) in [5.74, 6) is -0.170. The fourth-order valence-electron chi connectivity index (χ4n) is 2.52. The second-order valence-corrected chi connectivity index (χ2v) is 7.83. The highest BCUT2D eigenvalue weighted by atomic mass is 35.5. The van der Waals surface area contributed by atoms with Crippen LogP contribution in [-0.2, 0) is 0 Å². The van der Waals surface area contributed by atoms with Crippen LogP contribution < -0.4 is 0 Å². The average Bonchev–Trinajstić information content (AvgIpc) is 2.66. The number of aromatic hydroxyl groups is 2. The van der Waals surface area contributed by atoms with Crippen LogP contribution in [0.2, 0.25) is 20.1 Å². The van der Waals surface area contributed by atoms with Crippen molar-refractivity contribution in [2.45, 2.75) is 6.92 Å².